The highest BCUT2D eigenvalue weighted by atomic mass is 32.2. The molecular formula is C17H22N2O3S. The van der Waals surface area contributed by atoms with Gasteiger partial charge in [-0.25, -0.2) is 9.78 Å². The average molecular weight is 334 g/mol. The number of aromatic nitrogens is 2. The molecule has 1 heterocycles. The molecule has 1 aromatic carbocycles. The van der Waals surface area contributed by atoms with Crippen LogP contribution in [0.1, 0.15) is 38.1 Å². The molecule has 0 amide bonds. The Balaban J connectivity index is 2.07. The van der Waals surface area contributed by atoms with E-state index in [-0.39, 0.29) is 6.61 Å². The van der Waals surface area contributed by atoms with E-state index in [1.54, 1.807) is 6.92 Å². The zero-order valence-electron chi connectivity index (χ0n) is 13.5. The maximum absolute atomic E-state index is 11.6. The van der Waals surface area contributed by atoms with Crippen LogP contribution in [-0.4, -0.2) is 22.7 Å². The number of nitrogens with zero attached hydrogens (tertiary/aromatic N) is 1. The summed E-state index contributed by atoms with van der Waals surface area (Å²) in [7, 11) is 0. The Morgan fingerprint density at radius 2 is 2.04 bits per heavy atom. The molecule has 0 atom stereocenters. The first kappa shape index (κ1) is 17.4. The van der Waals surface area contributed by atoms with Gasteiger partial charge in [0.15, 0.2) is 5.03 Å². The van der Waals surface area contributed by atoms with E-state index in [0.717, 1.165) is 30.8 Å². The second-order valence-electron chi connectivity index (χ2n) is 4.98. The fourth-order valence-corrected chi connectivity index (χ4v) is 2.87. The quantitative estimate of drug-likeness (QED) is 0.565. The number of nitrogens with one attached hydrogen (secondary N) is 1. The van der Waals surface area contributed by atoms with Crippen LogP contribution in [0.5, 0.6) is 5.88 Å². The van der Waals surface area contributed by atoms with E-state index in [0.29, 0.717) is 10.9 Å². The largest absolute Gasteiger partial charge is 0.515 e. The number of carbonyl (C=O) groups is 1. The number of rotatable bonds is 8. The van der Waals surface area contributed by atoms with E-state index in [2.05, 4.69) is 29.0 Å². The van der Waals surface area contributed by atoms with Crippen LogP contribution >= 0.6 is 11.8 Å². The van der Waals surface area contributed by atoms with Crippen LogP contribution in [0.3, 0.4) is 0 Å². The second-order valence-corrected chi connectivity index (χ2v) is 5.94. The minimum atomic E-state index is -0.709. The summed E-state index contributed by atoms with van der Waals surface area (Å²) in [6.45, 7) is 4.15. The lowest BCUT2D eigenvalue weighted by atomic mass is 10.2. The molecule has 0 saturated carbocycles. The third-order valence-electron chi connectivity index (χ3n) is 3.12. The first-order valence-electron chi connectivity index (χ1n) is 7.83. The van der Waals surface area contributed by atoms with Gasteiger partial charge >= 0.3 is 6.16 Å². The van der Waals surface area contributed by atoms with Gasteiger partial charge < -0.3 is 14.5 Å². The molecule has 23 heavy (non-hydrogen) atoms. The minimum Gasteiger partial charge on any atom is -0.434 e. The maximum atomic E-state index is 11.6. The first-order chi connectivity index (χ1) is 11.2. The monoisotopic (exact) mass is 334 g/mol. The lowest BCUT2D eigenvalue weighted by molar-refractivity contribution is 0.102. The Morgan fingerprint density at radius 3 is 2.74 bits per heavy atom. The summed E-state index contributed by atoms with van der Waals surface area (Å²) < 4.78 is 10.1. The minimum absolute atomic E-state index is 0.280. The van der Waals surface area contributed by atoms with E-state index in [1.807, 2.05) is 18.2 Å². The van der Waals surface area contributed by atoms with Gasteiger partial charge in [-0.1, -0.05) is 55.4 Å². The topological polar surface area (TPSA) is 64.2 Å². The standard InChI is InChI=1S/C17H22N2O3S/c1-3-5-11-14-18-15(22-17(20)21-4-2)16(19-14)23-12-13-9-7-6-8-10-13/h6-10H,3-5,11-12H2,1-2H3,(H,18,19). The first-order valence-corrected chi connectivity index (χ1v) is 8.81. The number of carbonyl (C=O) groups excluding carboxylic acids is 1. The molecule has 0 aliphatic rings. The van der Waals surface area contributed by atoms with Crippen molar-refractivity contribution in [3.8, 4) is 5.88 Å². The highest BCUT2D eigenvalue weighted by Crippen LogP contribution is 2.30. The average Bonchev–Trinajstić information content (AvgIpc) is 2.94. The summed E-state index contributed by atoms with van der Waals surface area (Å²) in [5.41, 5.74) is 1.19. The van der Waals surface area contributed by atoms with E-state index in [1.165, 1.54) is 17.3 Å². The van der Waals surface area contributed by atoms with Gasteiger partial charge in [0.25, 0.3) is 0 Å². The highest BCUT2D eigenvalue weighted by Gasteiger charge is 2.16. The van der Waals surface area contributed by atoms with Crippen molar-refractivity contribution in [3.63, 3.8) is 0 Å². The van der Waals surface area contributed by atoms with Crippen molar-refractivity contribution < 1.29 is 14.3 Å². The van der Waals surface area contributed by atoms with Crippen LogP contribution in [0, 0.1) is 0 Å². The molecule has 0 aliphatic heterocycles. The van der Waals surface area contributed by atoms with Crippen LogP contribution in [-0.2, 0) is 16.9 Å². The predicted octanol–water partition coefficient (Wildman–Crippen LogP) is 4.58. The van der Waals surface area contributed by atoms with Crippen LogP contribution in [0.2, 0.25) is 0 Å². The van der Waals surface area contributed by atoms with E-state index < -0.39 is 6.16 Å². The molecule has 1 N–H and O–H groups in total. The molecule has 0 bridgehead atoms. The number of aromatic amines is 1. The van der Waals surface area contributed by atoms with Crippen molar-refractivity contribution in [1.29, 1.82) is 0 Å². The number of benzene rings is 1. The molecular weight excluding hydrogens is 312 g/mol. The van der Waals surface area contributed by atoms with Gasteiger partial charge in [0.2, 0.25) is 5.88 Å². The Morgan fingerprint density at radius 1 is 1.26 bits per heavy atom. The number of H-pyrrole nitrogens is 1. The number of aryl methyl sites for hydroxylation is 1. The van der Waals surface area contributed by atoms with Crippen molar-refractivity contribution in [3.05, 3.63) is 41.7 Å². The lowest BCUT2D eigenvalue weighted by Crippen LogP contribution is -2.10. The molecule has 1 aromatic heterocycles. The van der Waals surface area contributed by atoms with Gasteiger partial charge in [-0.05, 0) is 18.9 Å². The molecule has 2 rings (SSSR count). The second kappa shape index (κ2) is 9.25. The van der Waals surface area contributed by atoms with Crippen LogP contribution in [0.15, 0.2) is 35.4 Å². The summed E-state index contributed by atoms with van der Waals surface area (Å²) >= 11 is 1.54. The third-order valence-corrected chi connectivity index (χ3v) is 4.15. The Kier molecular flexibility index (Phi) is 7.00. The summed E-state index contributed by atoms with van der Waals surface area (Å²) in [5.74, 6) is 1.97. The van der Waals surface area contributed by atoms with E-state index in [4.69, 9.17) is 9.47 Å². The van der Waals surface area contributed by atoms with Crippen LogP contribution < -0.4 is 4.74 Å². The Bertz CT molecular complexity index is 614. The molecule has 6 heteroatoms. The highest BCUT2D eigenvalue weighted by molar-refractivity contribution is 7.98. The Hall–Kier alpha value is -1.95. The molecule has 5 nitrogen and oxygen atoms in total. The molecule has 2 aromatic rings. The van der Waals surface area contributed by atoms with Crippen molar-refractivity contribution in [2.24, 2.45) is 0 Å². The summed E-state index contributed by atoms with van der Waals surface area (Å²) in [5, 5.41) is 0.688. The van der Waals surface area contributed by atoms with Crippen LogP contribution in [0.4, 0.5) is 4.79 Å². The normalized spacial score (nSPS) is 10.5. The number of imidazole rings is 1. The van der Waals surface area contributed by atoms with E-state index >= 15 is 0 Å². The zero-order valence-corrected chi connectivity index (χ0v) is 14.3. The van der Waals surface area contributed by atoms with Crippen molar-refractivity contribution in [2.75, 3.05) is 6.61 Å². The predicted molar refractivity (Wildman–Crippen MR) is 90.9 cm³/mol. The van der Waals surface area contributed by atoms with Crippen molar-refractivity contribution in [1.82, 2.24) is 9.97 Å². The molecule has 0 radical (unpaired) electrons. The number of hydrogen-bond acceptors (Lipinski definition) is 5. The fraction of sp³-hybridized carbons (Fsp3) is 0.412. The Labute approximate surface area is 140 Å². The molecule has 0 fully saturated rings. The molecule has 124 valence electrons. The zero-order chi connectivity index (χ0) is 16.5. The molecule has 0 unspecified atom stereocenters. The van der Waals surface area contributed by atoms with Crippen molar-refractivity contribution >= 4 is 17.9 Å². The van der Waals surface area contributed by atoms with Gasteiger partial charge in [-0.15, -0.1) is 0 Å². The number of thioether (sulfide) groups is 1. The lowest BCUT2D eigenvalue weighted by Gasteiger charge is -2.04. The van der Waals surface area contributed by atoms with Crippen LogP contribution in [0.25, 0.3) is 0 Å². The molecule has 0 spiro atoms. The fourth-order valence-electron chi connectivity index (χ4n) is 1.97. The summed E-state index contributed by atoms with van der Waals surface area (Å²) in [4.78, 5) is 19.2. The molecule has 0 aliphatic carbocycles. The van der Waals surface area contributed by atoms with E-state index in [9.17, 15) is 4.79 Å². The van der Waals surface area contributed by atoms with Gasteiger partial charge in [0.05, 0.1) is 6.61 Å². The van der Waals surface area contributed by atoms with Gasteiger partial charge in [0.1, 0.15) is 5.82 Å². The summed E-state index contributed by atoms with van der Waals surface area (Å²) in [6, 6.07) is 10.1. The van der Waals surface area contributed by atoms with Gasteiger partial charge in [-0.3, -0.25) is 0 Å². The maximum Gasteiger partial charge on any atom is 0.515 e. The summed E-state index contributed by atoms with van der Waals surface area (Å²) in [6.07, 6.45) is 2.25. The smallest absolute Gasteiger partial charge is 0.434 e. The SMILES string of the molecule is CCCCc1nc(SCc2ccccc2)c(OC(=O)OCC)[nH]1. The molecule has 0 saturated heterocycles. The number of unbranched alkanes of at least 4 members (excludes halogenated alkanes) is 1. The number of hydrogen-bond donors (Lipinski definition) is 1. The third kappa shape index (κ3) is 5.63. The van der Waals surface area contributed by atoms with Gasteiger partial charge in [0, 0.05) is 12.2 Å². The van der Waals surface area contributed by atoms with Crippen molar-refractivity contribution in [2.45, 2.75) is 43.9 Å². The number of ether oxygens (including phenoxy) is 2. The van der Waals surface area contributed by atoms with Gasteiger partial charge in [-0.2, -0.15) is 0 Å².